The highest BCUT2D eigenvalue weighted by molar-refractivity contribution is 5.60. The second-order valence-corrected chi connectivity index (χ2v) is 6.12. The molecule has 0 unspecified atom stereocenters. The van der Waals surface area contributed by atoms with Crippen molar-refractivity contribution in [2.45, 2.75) is 44.9 Å². The molecule has 0 amide bonds. The Morgan fingerprint density at radius 2 is 1.87 bits per heavy atom. The van der Waals surface area contributed by atoms with Gasteiger partial charge in [-0.3, -0.25) is 0 Å². The van der Waals surface area contributed by atoms with E-state index in [1.54, 1.807) is 14.2 Å². The largest absolute Gasteiger partial charge is 0.493 e. The maximum absolute atomic E-state index is 5.41. The second kappa shape index (κ2) is 7.49. The minimum absolute atomic E-state index is 0.601. The van der Waals surface area contributed by atoms with Gasteiger partial charge in [0.1, 0.15) is 0 Å². The lowest BCUT2D eigenvalue weighted by Crippen LogP contribution is -2.07. The summed E-state index contributed by atoms with van der Waals surface area (Å²) < 4.78 is 16.0. The van der Waals surface area contributed by atoms with E-state index in [0.717, 1.165) is 30.2 Å². The highest BCUT2D eigenvalue weighted by Crippen LogP contribution is 2.31. The van der Waals surface area contributed by atoms with Crippen LogP contribution in [0.5, 0.6) is 11.5 Å². The Morgan fingerprint density at radius 3 is 2.61 bits per heavy atom. The summed E-state index contributed by atoms with van der Waals surface area (Å²) in [6.45, 7) is 0. The lowest BCUT2D eigenvalue weighted by Gasteiger charge is -2.20. The van der Waals surface area contributed by atoms with E-state index < -0.39 is 0 Å². The highest BCUT2D eigenvalue weighted by atomic mass is 16.5. The minimum Gasteiger partial charge on any atom is -0.493 e. The first-order chi connectivity index (χ1) is 11.3. The van der Waals surface area contributed by atoms with Crippen LogP contribution in [-0.2, 0) is 6.42 Å². The molecule has 1 aromatic heterocycles. The number of ether oxygens (including phenoxy) is 2. The summed E-state index contributed by atoms with van der Waals surface area (Å²) in [4.78, 5) is 4.52. The molecule has 1 saturated carbocycles. The molecule has 124 valence electrons. The zero-order valence-electron chi connectivity index (χ0n) is 13.9. The van der Waals surface area contributed by atoms with Gasteiger partial charge in [0, 0.05) is 12.0 Å². The molecule has 0 bridgehead atoms. The molecule has 1 fully saturated rings. The average Bonchev–Trinajstić information content (AvgIpc) is 3.09. The number of hydrogen-bond donors (Lipinski definition) is 0. The predicted octanol–water partition coefficient (Wildman–Crippen LogP) is 4.27. The summed E-state index contributed by atoms with van der Waals surface area (Å²) in [5, 5.41) is 4.10. The van der Waals surface area contributed by atoms with Crippen LogP contribution >= 0.6 is 0 Å². The molecule has 0 radical (unpaired) electrons. The SMILES string of the molecule is COc1ccc(-c2noc(CCC3CCCCC3)n2)cc1OC. The summed E-state index contributed by atoms with van der Waals surface area (Å²) >= 11 is 0. The van der Waals surface area contributed by atoms with Crippen LogP contribution in [0.25, 0.3) is 11.4 Å². The van der Waals surface area contributed by atoms with Crippen LogP contribution < -0.4 is 9.47 Å². The number of nitrogens with zero attached hydrogens (tertiary/aromatic N) is 2. The Kier molecular flexibility index (Phi) is 5.16. The molecular formula is C18H24N2O3. The molecular weight excluding hydrogens is 292 g/mol. The van der Waals surface area contributed by atoms with E-state index in [-0.39, 0.29) is 0 Å². The number of methoxy groups -OCH3 is 2. The highest BCUT2D eigenvalue weighted by Gasteiger charge is 2.16. The van der Waals surface area contributed by atoms with E-state index in [9.17, 15) is 0 Å². The molecule has 0 saturated heterocycles. The quantitative estimate of drug-likeness (QED) is 0.796. The molecule has 1 heterocycles. The van der Waals surface area contributed by atoms with Crippen LogP contribution in [0, 0.1) is 5.92 Å². The molecule has 2 aromatic rings. The topological polar surface area (TPSA) is 57.4 Å². The van der Waals surface area contributed by atoms with Crippen molar-refractivity contribution in [3.63, 3.8) is 0 Å². The molecule has 1 aliphatic carbocycles. The Bertz CT molecular complexity index is 633. The summed E-state index contributed by atoms with van der Waals surface area (Å²) in [7, 11) is 3.24. The van der Waals surface area contributed by atoms with Gasteiger partial charge in [0.05, 0.1) is 14.2 Å². The second-order valence-electron chi connectivity index (χ2n) is 6.12. The Labute approximate surface area is 137 Å². The fourth-order valence-electron chi connectivity index (χ4n) is 3.25. The predicted molar refractivity (Wildman–Crippen MR) is 87.7 cm³/mol. The van der Waals surface area contributed by atoms with Gasteiger partial charge in [-0.15, -0.1) is 0 Å². The van der Waals surface area contributed by atoms with Crippen molar-refractivity contribution in [3.05, 3.63) is 24.1 Å². The molecule has 3 rings (SSSR count). The lowest BCUT2D eigenvalue weighted by atomic mass is 9.86. The molecule has 23 heavy (non-hydrogen) atoms. The Balaban J connectivity index is 1.66. The third-order valence-electron chi connectivity index (χ3n) is 4.60. The van der Waals surface area contributed by atoms with Gasteiger partial charge in [-0.05, 0) is 30.5 Å². The first kappa shape index (κ1) is 15.8. The number of hydrogen-bond acceptors (Lipinski definition) is 5. The van der Waals surface area contributed by atoms with Gasteiger partial charge in [-0.2, -0.15) is 4.98 Å². The summed E-state index contributed by atoms with van der Waals surface area (Å²) in [5.41, 5.74) is 0.871. The van der Waals surface area contributed by atoms with E-state index >= 15 is 0 Å². The van der Waals surface area contributed by atoms with Crippen molar-refractivity contribution in [1.82, 2.24) is 10.1 Å². The third kappa shape index (κ3) is 3.84. The smallest absolute Gasteiger partial charge is 0.226 e. The van der Waals surface area contributed by atoms with Crippen LogP contribution in [-0.4, -0.2) is 24.4 Å². The van der Waals surface area contributed by atoms with Crippen LogP contribution in [0.4, 0.5) is 0 Å². The number of aryl methyl sites for hydroxylation is 1. The van der Waals surface area contributed by atoms with Crippen molar-refractivity contribution in [2.24, 2.45) is 5.92 Å². The number of aromatic nitrogens is 2. The van der Waals surface area contributed by atoms with Crippen LogP contribution in [0.15, 0.2) is 22.7 Å². The van der Waals surface area contributed by atoms with Crippen LogP contribution in [0.2, 0.25) is 0 Å². The lowest BCUT2D eigenvalue weighted by molar-refractivity contribution is 0.315. The molecule has 5 heteroatoms. The standard InChI is InChI=1S/C18H24N2O3/c1-21-15-10-9-14(12-16(15)22-2)18-19-17(23-20-18)11-8-13-6-4-3-5-7-13/h9-10,12-13H,3-8,11H2,1-2H3. The fourth-order valence-corrected chi connectivity index (χ4v) is 3.25. The van der Waals surface area contributed by atoms with Crippen molar-refractivity contribution in [2.75, 3.05) is 14.2 Å². The van der Waals surface area contributed by atoms with Crippen molar-refractivity contribution in [3.8, 4) is 22.9 Å². The van der Waals surface area contributed by atoms with Gasteiger partial charge in [0.25, 0.3) is 0 Å². The number of benzene rings is 1. The van der Waals surface area contributed by atoms with Gasteiger partial charge in [0.2, 0.25) is 11.7 Å². The molecule has 0 spiro atoms. The number of rotatable bonds is 6. The van der Waals surface area contributed by atoms with E-state index in [0.29, 0.717) is 17.3 Å². The first-order valence-electron chi connectivity index (χ1n) is 8.35. The molecule has 0 atom stereocenters. The molecule has 1 aromatic carbocycles. The van der Waals surface area contributed by atoms with E-state index in [4.69, 9.17) is 14.0 Å². The van der Waals surface area contributed by atoms with E-state index in [2.05, 4.69) is 10.1 Å². The minimum atomic E-state index is 0.601. The molecule has 1 aliphatic rings. The van der Waals surface area contributed by atoms with Crippen molar-refractivity contribution < 1.29 is 14.0 Å². The molecule has 5 nitrogen and oxygen atoms in total. The maximum atomic E-state index is 5.41. The average molecular weight is 316 g/mol. The Hall–Kier alpha value is -2.04. The van der Waals surface area contributed by atoms with Gasteiger partial charge < -0.3 is 14.0 Å². The normalized spacial score (nSPS) is 15.6. The van der Waals surface area contributed by atoms with Crippen molar-refractivity contribution in [1.29, 1.82) is 0 Å². The zero-order valence-corrected chi connectivity index (χ0v) is 13.9. The van der Waals surface area contributed by atoms with Crippen LogP contribution in [0.1, 0.15) is 44.4 Å². The van der Waals surface area contributed by atoms with Gasteiger partial charge in [-0.25, -0.2) is 0 Å². The summed E-state index contributed by atoms with van der Waals surface area (Å²) in [6, 6.07) is 5.64. The monoisotopic (exact) mass is 316 g/mol. The summed E-state index contributed by atoms with van der Waals surface area (Å²) in [6.07, 6.45) is 8.82. The van der Waals surface area contributed by atoms with E-state index in [1.807, 2.05) is 18.2 Å². The maximum Gasteiger partial charge on any atom is 0.226 e. The Morgan fingerprint density at radius 1 is 1.09 bits per heavy atom. The van der Waals surface area contributed by atoms with Gasteiger partial charge in [0.15, 0.2) is 11.5 Å². The van der Waals surface area contributed by atoms with Gasteiger partial charge >= 0.3 is 0 Å². The summed E-state index contributed by atoms with van der Waals surface area (Å²) in [5.74, 6) is 3.50. The zero-order chi connectivity index (χ0) is 16.1. The first-order valence-corrected chi connectivity index (χ1v) is 8.35. The van der Waals surface area contributed by atoms with Gasteiger partial charge in [-0.1, -0.05) is 37.3 Å². The van der Waals surface area contributed by atoms with Crippen LogP contribution in [0.3, 0.4) is 0 Å². The van der Waals surface area contributed by atoms with Crippen molar-refractivity contribution >= 4 is 0 Å². The fraction of sp³-hybridized carbons (Fsp3) is 0.556. The third-order valence-corrected chi connectivity index (χ3v) is 4.60. The molecule has 0 N–H and O–H groups in total. The van der Waals surface area contributed by atoms with E-state index in [1.165, 1.54) is 32.1 Å². The molecule has 0 aliphatic heterocycles.